The molecule has 0 radical (unpaired) electrons. The molecule has 0 bridgehead atoms. The molecule has 1 fully saturated rings. The van der Waals surface area contributed by atoms with Gasteiger partial charge in [-0.2, -0.15) is 0 Å². The van der Waals surface area contributed by atoms with Crippen LogP contribution < -0.4 is 4.74 Å². The van der Waals surface area contributed by atoms with E-state index in [-0.39, 0.29) is 6.10 Å². The van der Waals surface area contributed by atoms with Crippen molar-refractivity contribution in [1.82, 2.24) is 0 Å². The van der Waals surface area contributed by atoms with Crippen molar-refractivity contribution in [1.29, 1.82) is 0 Å². The number of esters is 1. The van der Waals surface area contributed by atoms with E-state index in [1.807, 2.05) is 38.1 Å². The normalized spacial score (nSPS) is 20.0. The van der Waals surface area contributed by atoms with E-state index >= 15 is 0 Å². The van der Waals surface area contributed by atoms with Gasteiger partial charge in [0.25, 0.3) is 0 Å². The molecule has 1 heterocycles. The van der Waals surface area contributed by atoms with E-state index in [2.05, 4.69) is 15.9 Å². The van der Waals surface area contributed by atoms with Crippen molar-refractivity contribution in [2.45, 2.75) is 39.1 Å². The quantitative estimate of drug-likeness (QED) is 0.304. The van der Waals surface area contributed by atoms with Gasteiger partial charge in [-0.25, -0.2) is 4.79 Å². The second-order valence-corrected chi connectivity index (χ2v) is 6.46. The highest BCUT2D eigenvalue weighted by Gasteiger charge is 2.32. The summed E-state index contributed by atoms with van der Waals surface area (Å²) >= 11 is 3.30. The SMILES string of the molecule is CCOC(=O)C=C(CBr)Oc1ccc(C[C@H]2COC(C)(C)O2)cc1. The summed E-state index contributed by atoms with van der Waals surface area (Å²) in [5.74, 6) is 0.244. The summed E-state index contributed by atoms with van der Waals surface area (Å²) in [6, 6.07) is 7.72. The Hall–Kier alpha value is -1.37. The van der Waals surface area contributed by atoms with Crippen molar-refractivity contribution in [3.63, 3.8) is 0 Å². The van der Waals surface area contributed by atoms with Crippen LogP contribution in [0.4, 0.5) is 0 Å². The van der Waals surface area contributed by atoms with Crippen LogP contribution in [0.1, 0.15) is 26.3 Å². The van der Waals surface area contributed by atoms with Gasteiger partial charge in [-0.3, -0.25) is 0 Å². The Kier molecular flexibility index (Phi) is 6.83. The average molecular weight is 399 g/mol. The predicted molar refractivity (Wildman–Crippen MR) is 94.2 cm³/mol. The number of carbonyl (C=O) groups excluding carboxylic acids is 1. The van der Waals surface area contributed by atoms with E-state index in [9.17, 15) is 4.79 Å². The fourth-order valence-electron chi connectivity index (χ4n) is 2.38. The van der Waals surface area contributed by atoms with Gasteiger partial charge < -0.3 is 18.9 Å². The largest absolute Gasteiger partial charge is 0.463 e. The summed E-state index contributed by atoms with van der Waals surface area (Å²) in [7, 11) is 0. The van der Waals surface area contributed by atoms with E-state index in [0.717, 1.165) is 12.0 Å². The summed E-state index contributed by atoms with van der Waals surface area (Å²) in [6.45, 7) is 6.53. The molecule has 132 valence electrons. The molecule has 1 aromatic carbocycles. The maximum absolute atomic E-state index is 11.5. The molecule has 0 aliphatic carbocycles. The zero-order valence-electron chi connectivity index (χ0n) is 14.2. The van der Waals surface area contributed by atoms with Crippen LogP contribution in [0.15, 0.2) is 36.1 Å². The lowest BCUT2D eigenvalue weighted by molar-refractivity contribution is -0.138. The first-order valence-electron chi connectivity index (χ1n) is 7.93. The van der Waals surface area contributed by atoms with Crippen molar-refractivity contribution in [3.8, 4) is 5.75 Å². The van der Waals surface area contributed by atoms with Crippen LogP contribution in [0.25, 0.3) is 0 Å². The van der Waals surface area contributed by atoms with E-state index < -0.39 is 11.8 Å². The number of halogens is 1. The first kappa shape index (κ1) is 19.0. The minimum Gasteiger partial charge on any atom is -0.463 e. The van der Waals surface area contributed by atoms with Gasteiger partial charge in [0, 0.05) is 6.42 Å². The van der Waals surface area contributed by atoms with Crippen LogP contribution in [0.3, 0.4) is 0 Å². The van der Waals surface area contributed by atoms with E-state index in [0.29, 0.717) is 30.1 Å². The van der Waals surface area contributed by atoms with Crippen molar-refractivity contribution in [2.75, 3.05) is 18.5 Å². The molecule has 2 rings (SSSR count). The summed E-state index contributed by atoms with van der Waals surface area (Å²) in [5.41, 5.74) is 1.14. The van der Waals surface area contributed by atoms with Gasteiger partial charge in [-0.15, -0.1) is 0 Å². The lowest BCUT2D eigenvalue weighted by Gasteiger charge is -2.17. The number of carbonyl (C=O) groups is 1. The van der Waals surface area contributed by atoms with Gasteiger partial charge in [-0.1, -0.05) is 28.1 Å². The number of ether oxygens (including phenoxy) is 4. The number of benzene rings is 1. The molecule has 1 aromatic rings. The minimum absolute atomic E-state index is 0.0635. The Morgan fingerprint density at radius 3 is 2.62 bits per heavy atom. The summed E-state index contributed by atoms with van der Waals surface area (Å²) in [5, 5.41) is 0.426. The first-order valence-corrected chi connectivity index (χ1v) is 9.06. The number of alkyl halides is 1. The molecule has 0 saturated carbocycles. The maximum atomic E-state index is 11.5. The molecule has 1 aliphatic heterocycles. The summed E-state index contributed by atoms with van der Waals surface area (Å²) < 4.78 is 22.0. The fourth-order valence-corrected chi connectivity index (χ4v) is 2.66. The second-order valence-electron chi connectivity index (χ2n) is 5.90. The molecule has 6 heteroatoms. The Bertz CT molecular complexity index is 580. The van der Waals surface area contributed by atoms with Gasteiger partial charge in [0.05, 0.1) is 30.7 Å². The number of rotatable bonds is 7. The highest BCUT2D eigenvalue weighted by Crippen LogP contribution is 2.25. The third-order valence-electron chi connectivity index (χ3n) is 3.40. The Morgan fingerprint density at radius 1 is 1.38 bits per heavy atom. The van der Waals surface area contributed by atoms with Gasteiger partial charge >= 0.3 is 5.97 Å². The summed E-state index contributed by atoms with van der Waals surface area (Å²) in [6.07, 6.45) is 2.19. The van der Waals surface area contributed by atoms with Crippen molar-refractivity contribution in [3.05, 3.63) is 41.7 Å². The molecule has 0 spiro atoms. The van der Waals surface area contributed by atoms with E-state index in [4.69, 9.17) is 18.9 Å². The molecular formula is C18H23BrO5. The Labute approximate surface area is 151 Å². The molecular weight excluding hydrogens is 376 g/mol. The van der Waals surface area contributed by atoms with Crippen LogP contribution in [-0.2, 0) is 25.4 Å². The molecule has 5 nitrogen and oxygen atoms in total. The fraction of sp³-hybridized carbons (Fsp3) is 0.500. The Morgan fingerprint density at radius 2 is 2.08 bits per heavy atom. The van der Waals surface area contributed by atoms with Gasteiger partial charge in [0.2, 0.25) is 0 Å². The molecule has 1 saturated heterocycles. The molecule has 0 unspecified atom stereocenters. The standard InChI is InChI=1S/C18H23BrO5/c1-4-21-17(20)10-15(11-19)23-14-7-5-13(6-8-14)9-16-12-22-18(2,3)24-16/h5-8,10,16H,4,9,11-12H2,1-3H3/t16-/m0/s1. The first-order chi connectivity index (χ1) is 11.4. The smallest absolute Gasteiger partial charge is 0.334 e. The second kappa shape index (κ2) is 8.65. The molecule has 1 atom stereocenters. The van der Waals surface area contributed by atoms with Crippen molar-refractivity contribution in [2.24, 2.45) is 0 Å². The number of hydrogen-bond acceptors (Lipinski definition) is 5. The minimum atomic E-state index is -0.504. The van der Waals surface area contributed by atoms with Crippen LogP contribution in [0.5, 0.6) is 5.75 Å². The highest BCUT2D eigenvalue weighted by molar-refractivity contribution is 9.09. The van der Waals surface area contributed by atoms with Crippen LogP contribution in [0, 0.1) is 0 Å². The van der Waals surface area contributed by atoms with Gasteiger partial charge in [0.1, 0.15) is 11.5 Å². The third-order valence-corrected chi connectivity index (χ3v) is 3.95. The topological polar surface area (TPSA) is 54.0 Å². The summed E-state index contributed by atoms with van der Waals surface area (Å²) in [4.78, 5) is 11.5. The van der Waals surface area contributed by atoms with Crippen molar-refractivity contribution >= 4 is 21.9 Å². The zero-order valence-corrected chi connectivity index (χ0v) is 15.8. The number of allylic oxidation sites excluding steroid dienone is 1. The molecule has 0 aromatic heterocycles. The zero-order chi connectivity index (χ0) is 17.6. The van der Waals surface area contributed by atoms with E-state index in [1.54, 1.807) is 6.92 Å². The predicted octanol–water partition coefficient (Wildman–Crippen LogP) is 3.60. The number of hydrogen-bond donors (Lipinski definition) is 0. The third kappa shape index (κ3) is 5.92. The van der Waals surface area contributed by atoms with Crippen LogP contribution >= 0.6 is 15.9 Å². The highest BCUT2D eigenvalue weighted by atomic mass is 79.9. The lowest BCUT2D eigenvalue weighted by atomic mass is 10.1. The van der Waals surface area contributed by atoms with Crippen LogP contribution in [0.2, 0.25) is 0 Å². The monoisotopic (exact) mass is 398 g/mol. The Balaban J connectivity index is 1.92. The van der Waals surface area contributed by atoms with Crippen molar-refractivity contribution < 1.29 is 23.7 Å². The average Bonchev–Trinajstić information content (AvgIpc) is 2.87. The molecule has 0 amide bonds. The van der Waals surface area contributed by atoms with Crippen LogP contribution in [-0.4, -0.2) is 36.4 Å². The van der Waals surface area contributed by atoms with Gasteiger partial charge in [-0.05, 0) is 38.5 Å². The van der Waals surface area contributed by atoms with Gasteiger partial charge in [0.15, 0.2) is 5.79 Å². The molecule has 24 heavy (non-hydrogen) atoms. The molecule has 0 N–H and O–H groups in total. The molecule has 1 aliphatic rings. The maximum Gasteiger partial charge on any atom is 0.334 e. The van der Waals surface area contributed by atoms with E-state index in [1.165, 1.54) is 6.08 Å². The lowest BCUT2D eigenvalue weighted by Crippen LogP contribution is -2.22.